The molecule has 0 atom stereocenters. The van der Waals surface area contributed by atoms with Crippen LogP contribution in [0.5, 0.6) is 0 Å². The van der Waals surface area contributed by atoms with Crippen molar-refractivity contribution in [3.63, 3.8) is 0 Å². The molecule has 0 fully saturated rings. The van der Waals surface area contributed by atoms with Crippen molar-refractivity contribution in [1.29, 1.82) is 0 Å². The van der Waals surface area contributed by atoms with E-state index in [2.05, 4.69) is 46.9 Å². The number of imidazole rings is 1. The van der Waals surface area contributed by atoms with Gasteiger partial charge in [-0.1, -0.05) is 6.08 Å². The van der Waals surface area contributed by atoms with E-state index in [1.807, 2.05) is 6.92 Å². The third kappa shape index (κ3) is 9.30. The highest BCUT2D eigenvalue weighted by Gasteiger charge is 2.20. The van der Waals surface area contributed by atoms with E-state index in [0.29, 0.717) is 0 Å². The van der Waals surface area contributed by atoms with Crippen LogP contribution in [0.2, 0.25) is 0 Å². The van der Waals surface area contributed by atoms with Crippen LogP contribution in [0, 0.1) is 0 Å². The molecule has 7 heteroatoms. The van der Waals surface area contributed by atoms with Crippen LogP contribution in [0.3, 0.4) is 0 Å². The van der Waals surface area contributed by atoms with Crippen molar-refractivity contribution in [2.45, 2.75) is 26.9 Å². The molecule has 0 aliphatic carbocycles. The summed E-state index contributed by atoms with van der Waals surface area (Å²) in [5.41, 5.74) is 0. The Morgan fingerprint density at radius 3 is 2.25 bits per heavy atom. The molecular formula is C9H15BF4N2. The number of aromatic nitrogens is 2. The Bertz CT molecular complexity index is 314. The number of halogens is 4. The van der Waals surface area contributed by atoms with Crippen LogP contribution in [0.4, 0.5) is 17.3 Å². The van der Waals surface area contributed by atoms with E-state index in [-0.39, 0.29) is 0 Å². The van der Waals surface area contributed by atoms with Gasteiger partial charge in [0, 0.05) is 0 Å². The zero-order valence-electron chi connectivity index (χ0n) is 9.28. The Labute approximate surface area is 92.3 Å². The number of nitrogens with zero attached hydrogens (tertiary/aromatic N) is 2. The summed E-state index contributed by atoms with van der Waals surface area (Å²) in [5.74, 6) is 0. The number of hydrogen-bond donors (Lipinski definition) is 0. The quantitative estimate of drug-likeness (QED) is 0.331. The lowest BCUT2D eigenvalue weighted by Crippen LogP contribution is -2.29. The van der Waals surface area contributed by atoms with Gasteiger partial charge in [0.2, 0.25) is 6.33 Å². The van der Waals surface area contributed by atoms with Crippen LogP contribution in [-0.4, -0.2) is 11.8 Å². The van der Waals surface area contributed by atoms with E-state index in [0.717, 1.165) is 13.1 Å². The van der Waals surface area contributed by atoms with Gasteiger partial charge >= 0.3 is 7.25 Å². The molecule has 1 aromatic rings. The lowest BCUT2D eigenvalue weighted by atomic mass is 10.3. The lowest BCUT2D eigenvalue weighted by Gasteiger charge is -1.94. The molecule has 0 aliphatic rings. The zero-order valence-corrected chi connectivity index (χ0v) is 9.28. The van der Waals surface area contributed by atoms with Crippen LogP contribution in [0.15, 0.2) is 30.9 Å². The van der Waals surface area contributed by atoms with E-state index in [4.69, 9.17) is 0 Å². The molecule has 0 bridgehead atoms. The Morgan fingerprint density at radius 1 is 1.31 bits per heavy atom. The van der Waals surface area contributed by atoms with Gasteiger partial charge < -0.3 is 17.3 Å². The molecule has 0 unspecified atom stereocenters. The minimum absolute atomic E-state index is 0.976. The van der Waals surface area contributed by atoms with E-state index in [9.17, 15) is 17.3 Å². The van der Waals surface area contributed by atoms with Crippen molar-refractivity contribution in [1.82, 2.24) is 4.57 Å². The summed E-state index contributed by atoms with van der Waals surface area (Å²) in [5, 5.41) is 0. The summed E-state index contributed by atoms with van der Waals surface area (Å²) in [6.07, 6.45) is 10.5. The van der Waals surface area contributed by atoms with Gasteiger partial charge in [-0.2, -0.15) is 0 Å². The Hall–Kier alpha value is -1.27. The highest BCUT2D eigenvalue weighted by atomic mass is 19.5. The van der Waals surface area contributed by atoms with Gasteiger partial charge in [-0.3, -0.25) is 0 Å². The number of aryl methyl sites for hydroxylation is 1. The fourth-order valence-corrected chi connectivity index (χ4v) is 0.961. The first-order chi connectivity index (χ1) is 7.36. The SMILES string of the molecule is C/C=C/C[n+]1ccn(CC)c1.F[B-](F)(F)F. The van der Waals surface area contributed by atoms with Crippen molar-refractivity contribution in [3.05, 3.63) is 30.9 Å². The van der Waals surface area contributed by atoms with E-state index < -0.39 is 7.25 Å². The minimum atomic E-state index is -6.00. The molecule has 0 aliphatic heterocycles. The fraction of sp³-hybridized carbons (Fsp3) is 0.444. The molecule has 16 heavy (non-hydrogen) atoms. The lowest BCUT2D eigenvalue weighted by molar-refractivity contribution is -0.686. The number of allylic oxidation sites excluding steroid dienone is 2. The molecule has 0 N–H and O–H groups in total. The van der Waals surface area contributed by atoms with E-state index in [1.165, 1.54) is 0 Å². The minimum Gasteiger partial charge on any atom is -0.418 e. The summed E-state index contributed by atoms with van der Waals surface area (Å²) in [6, 6.07) is 0. The van der Waals surface area contributed by atoms with Crippen LogP contribution in [-0.2, 0) is 13.1 Å². The molecule has 2 nitrogen and oxygen atoms in total. The van der Waals surface area contributed by atoms with Gasteiger partial charge in [0.1, 0.15) is 18.9 Å². The summed E-state index contributed by atoms with van der Waals surface area (Å²) in [7, 11) is -6.00. The third-order valence-electron chi connectivity index (χ3n) is 1.66. The second-order valence-electron chi connectivity index (χ2n) is 3.00. The van der Waals surface area contributed by atoms with Gasteiger partial charge in [-0.25, -0.2) is 9.13 Å². The van der Waals surface area contributed by atoms with Crippen molar-refractivity contribution < 1.29 is 21.8 Å². The normalized spacial score (nSPS) is 11.4. The summed E-state index contributed by atoms with van der Waals surface area (Å²) in [4.78, 5) is 0. The Morgan fingerprint density at radius 2 is 1.88 bits per heavy atom. The fourth-order valence-electron chi connectivity index (χ4n) is 0.961. The molecule has 0 spiro atoms. The van der Waals surface area contributed by atoms with Crippen molar-refractivity contribution in [2.75, 3.05) is 0 Å². The molecule has 1 rings (SSSR count). The van der Waals surface area contributed by atoms with Crippen molar-refractivity contribution in [3.8, 4) is 0 Å². The molecule has 0 saturated carbocycles. The monoisotopic (exact) mass is 238 g/mol. The largest absolute Gasteiger partial charge is 0.673 e. The average molecular weight is 238 g/mol. The molecule has 92 valence electrons. The highest BCUT2D eigenvalue weighted by Crippen LogP contribution is 2.06. The molecule has 1 heterocycles. The van der Waals surface area contributed by atoms with Gasteiger partial charge in [-0.15, -0.1) is 0 Å². The molecule has 0 saturated heterocycles. The molecular weight excluding hydrogens is 223 g/mol. The molecule has 0 amide bonds. The maximum atomic E-state index is 9.75. The summed E-state index contributed by atoms with van der Waals surface area (Å²) in [6.45, 7) is 6.20. The highest BCUT2D eigenvalue weighted by molar-refractivity contribution is 6.50. The maximum absolute atomic E-state index is 9.75. The first-order valence-corrected chi connectivity index (χ1v) is 4.90. The van der Waals surface area contributed by atoms with Gasteiger partial charge in [0.15, 0.2) is 0 Å². The predicted molar refractivity (Wildman–Crippen MR) is 55.3 cm³/mol. The zero-order chi connectivity index (χ0) is 12.6. The molecule has 0 aromatic carbocycles. The maximum Gasteiger partial charge on any atom is 0.673 e. The van der Waals surface area contributed by atoms with Crippen LogP contribution < -0.4 is 4.57 Å². The van der Waals surface area contributed by atoms with E-state index in [1.54, 1.807) is 0 Å². The van der Waals surface area contributed by atoms with Gasteiger partial charge in [0.25, 0.3) is 0 Å². The molecule has 0 radical (unpaired) electrons. The van der Waals surface area contributed by atoms with Crippen LogP contribution >= 0.6 is 0 Å². The third-order valence-corrected chi connectivity index (χ3v) is 1.66. The van der Waals surface area contributed by atoms with Crippen LogP contribution in [0.1, 0.15) is 13.8 Å². The second-order valence-corrected chi connectivity index (χ2v) is 3.00. The Kier molecular flexibility index (Phi) is 6.52. The summed E-state index contributed by atoms with van der Waals surface area (Å²) < 4.78 is 43.3. The second kappa shape index (κ2) is 7.08. The van der Waals surface area contributed by atoms with Crippen molar-refractivity contribution in [2.24, 2.45) is 0 Å². The topological polar surface area (TPSA) is 8.81 Å². The molecule has 1 aromatic heterocycles. The van der Waals surface area contributed by atoms with Crippen molar-refractivity contribution >= 4 is 7.25 Å². The summed E-state index contributed by atoms with van der Waals surface area (Å²) >= 11 is 0. The van der Waals surface area contributed by atoms with Gasteiger partial charge in [-0.05, 0) is 19.9 Å². The van der Waals surface area contributed by atoms with E-state index >= 15 is 0 Å². The van der Waals surface area contributed by atoms with Crippen LogP contribution in [0.25, 0.3) is 0 Å². The average Bonchev–Trinajstić information content (AvgIpc) is 2.59. The Balaban J connectivity index is 0.000000385. The first-order valence-electron chi connectivity index (χ1n) is 4.90. The predicted octanol–water partition coefficient (Wildman–Crippen LogP) is 2.67. The smallest absolute Gasteiger partial charge is 0.418 e. The standard InChI is InChI=1S/C9H15N2.BF4/c1-3-5-6-11-8-7-10(4-2)9-11;2-1(3,4)5/h3,5,7-9H,4,6H2,1-2H3;/q+1;-1/b5-3+;. The first kappa shape index (κ1) is 14.7. The van der Waals surface area contributed by atoms with Gasteiger partial charge in [0.05, 0.1) is 6.54 Å². The number of hydrogen-bond acceptors (Lipinski definition) is 0. The number of rotatable bonds is 3.